The molecule has 12 heteroatoms. The molecule has 0 bridgehead atoms. The van der Waals surface area contributed by atoms with Crippen molar-refractivity contribution in [2.45, 2.75) is 30.1 Å². The molecule has 172 valence electrons. The van der Waals surface area contributed by atoms with Crippen molar-refractivity contribution in [3.63, 3.8) is 0 Å². The SMILES string of the molecule is CCN(CC)S(=O)(=O)c1ccc2c(c1)CCN2C(=O)c1cc([N+](=O)[O-])cc(S(C)(=O)=O)c1. The Morgan fingerprint density at radius 1 is 1.06 bits per heavy atom. The molecule has 0 N–H and O–H groups in total. The van der Waals surface area contributed by atoms with Gasteiger partial charge in [0.05, 0.1) is 14.7 Å². The molecule has 32 heavy (non-hydrogen) atoms. The van der Waals surface area contributed by atoms with E-state index in [1.54, 1.807) is 13.8 Å². The highest BCUT2D eigenvalue weighted by Crippen LogP contribution is 2.33. The topological polar surface area (TPSA) is 135 Å². The Labute approximate surface area is 186 Å². The number of rotatable bonds is 7. The molecule has 10 nitrogen and oxygen atoms in total. The Balaban J connectivity index is 2.01. The minimum atomic E-state index is -3.78. The summed E-state index contributed by atoms with van der Waals surface area (Å²) in [4.78, 5) is 24.8. The van der Waals surface area contributed by atoms with Crippen LogP contribution in [-0.4, -0.2) is 57.9 Å². The van der Waals surface area contributed by atoms with Crippen molar-refractivity contribution >= 4 is 37.1 Å². The fraction of sp³-hybridized carbons (Fsp3) is 0.350. The van der Waals surface area contributed by atoms with E-state index >= 15 is 0 Å². The molecule has 2 aromatic carbocycles. The van der Waals surface area contributed by atoms with Crippen LogP contribution in [0, 0.1) is 10.1 Å². The molecule has 3 rings (SSSR count). The Morgan fingerprint density at radius 2 is 1.72 bits per heavy atom. The zero-order valence-electron chi connectivity index (χ0n) is 17.8. The summed E-state index contributed by atoms with van der Waals surface area (Å²) in [6.45, 7) is 4.39. The average Bonchev–Trinajstić information content (AvgIpc) is 3.16. The summed E-state index contributed by atoms with van der Waals surface area (Å²) < 4.78 is 50.8. The molecule has 0 unspecified atom stereocenters. The number of fused-ring (bicyclic) bond motifs is 1. The molecular weight excluding hydrogens is 458 g/mol. The van der Waals surface area contributed by atoms with Crippen LogP contribution in [-0.2, 0) is 26.3 Å². The summed E-state index contributed by atoms with van der Waals surface area (Å²) in [6.07, 6.45) is 1.31. The van der Waals surface area contributed by atoms with Crippen molar-refractivity contribution in [3.8, 4) is 0 Å². The summed E-state index contributed by atoms with van der Waals surface area (Å²) in [5, 5.41) is 11.2. The number of nitrogens with zero attached hydrogens (tertiary/aromatic N) is 3. The molecular formula is C20H23N3O7S2. The van der Waals surface area contributed by atoms with Crippen molar-refractivity contribution in [1.29, 1.82) is 0 Å². The van der Waals surface area contributed by atoms with Crippen LogP contribution in [0.1, 0.15) is 29.8 Å². The van der Waals surface area contributed by atoms with Crippen LogP contribution >= 0.6 is 0 Å². The number of anilines is 1. The van der Waals surface area contributed by atoms with Gasteiger partial charge in [-0.2, -0.15) is 4.31 Å². The molecule has 0 saturated carbocycles. The number of sulfone groups is 1. The number of hydrogen-bond acceptors (Lipinski definition) is 7. The van der Waals surface area contributed by atoms with E-state index in [2.05, 4.69) is 0 Å². The summed E-state index contributed by atoms with van der Waals surface area (Å²) in [5.74, 6) is -0.600. The quantitative estimate of drug-likeness (QED) is 0.437. The lowest BCUT2D eigenvalue weighted by molar-refractivity contribution is -0.385. The summed E-state index contributed by atoms with van der Waals surface area (Å²) in [5.41, 5.74) is 0.505. The number of non-ortho nitro benzene ring substituents is 1. The van der Waals surface area contributed by atoms with E-state index in [-0.39, 0.29) is 21.9 Å². The van der Waals surface area contributed by atoms with E-state index in [4.69, 9.17) is 0 Å². The molecule has 0 radical (unpaired) electrons. The van der Waals surface area contributed by atoms with E-state index in [1.165, 1.54) is 27.4 Å². The first-order valence-corrected chi connectivity index (χ1v) is 13.2. The van der Waals surface area contributed by atoms with Gasteiger partial charge in [-0.25, -0.2) is 16.8 Å². The normalized spacial score (nSPS) is 13.9. The third-order valence-corrected chi connectivity index (χ3v) is 8.45. The number of nitro benzene ring substituents is 1. The molecule has 1 aliphatic rings. The van der Waals surface area contributed by atoms with Crippen LogP contribution < -0.4 is 4.90 Å². The molecule has 1 aliphatic heterocycles. The van der Waals surface area contributed by atoms with Crippen LogP contribution in [0.25, 0.3) is 0 Å². The van der Waals surface area contributed by atoms with Gasteiger partial charge in [0.15, 0.2) is 9.84 Å². The lowest BCUT2D eigenvalue weighted by atomic mass is 10.1. The van der Waals surface area contributed by atoms with Gasteiger partial charge in [-0.15, -0.1) is 0 Å². The van der Waals surface area contributed by atoms with Crippen molar-refractivity contribution in [2.24, 2.45) is 0 Å². The lowest BCUT2D eigenvalue weighted by Gasteiger charge is -2.20. The van der Waals surface area contributed by atoms with Crippen molar-refractivity contribution in [1.82, 2.24) is 4.31 Å². The van der Waals surface area contributed by atoms with Crippen LogP contribution in [0.4, 0.5) is 11.4 Å². The number of benzene rings is 2. The van der Waals surface area contributed by atoms with Gasteiger partial charge in [0.25, 0.3) is 11.6 Å². The summed E-state index contributed by atoms with van der Waals surface area (Å²) >= 11 is 0. The molecule has 1 amide bonds. The van der Waals surface area contributed by atoms with E-state index in [0.29, 0.717) is 30.8 Å². The molecule has 2 aromatic rings. The molecule has 0 fully saturated rings. The van der Waals surface area contributed by atoms with Gasteiger partial charge in [-0.05, 0) is 36.2 Å². The van der Waals surface area contributed by atoms with E-state index in [9.17, 15) is 31.7 Å². The van der Waals surface area contributed by atoms with Gasteiger partial charge in [-0.1, -0.05) is 13.8 Å². The van der Waals surface area contributed by atoms with Gasteiger partial charge in [0, 0.05) is 49.3 Å². The van der Waals surface area contributed by atoms with Gasteiger partial charge in [0.2, 0.25) is 10.0 Å². The maximum Gasteiger partial charge on any atom is 0.271 e. The van der Waals surface area contributed by atoms with Crippen LogP contribution in [0.15, 0.2) is 46.2 Å². The first-order valence-electron chi connectivity index (χ1n) is 9.84. The second kappa shape index (κ2) is 8.60. The number of sulfonamides is 1. The monoisotopic (exact) mass is 481 g/mol. The largest absolute Gasteiger partial charge is 0.308 e. The number of carbonyl (C=O) groups is 1. The summed E-state index contributed by atoms with van der Waals surface area (Å²) in [7, 11) is -7.44. The van der Waals surface area contributed by atoms with Gasteiger partial charge < -0.3 is 4.90 Å². The maximum atomic E-state index is 13.1. The molecule has 1 heterocycles. The smallest absolute Gasteiger partial charge is 0.271 e. The van der Waals surface area contributed by atoms with Crippen molar-refractivity contribution in [2.75, 3.05) is 30.8 Å². The Kier molecular flexibility index (Phi) is 6.40. The fourth-order valence-corrected chi connectivity index (χ4v) is 5.83. The third kappa shape index (κ3) is 4.38. The van der Waals surface area contributed by atoms with Gasteiger partial charge in [-0.3, -0.25) is 14.9 Å². The predicted octanol–water partition coefficient (Wildman–Crippen LogP) is 2.23. The summed E-state index contributed by atoms with van der Waals surface area (Å²) in [6, 6.07) is 7.55. The minimum absolute atomic E-state index is 0.129. The van der Waals surface area contributed by atoms with Crippen LogP contribution in [0.5, 0.6) is 0 Å². The standard InChI is InChI=1S/C20H23N3O7S2/c1-4-21(5-2)32(29,30)17-6-7-19-14(11-17)8-9-22(19)20(24)15-10-16(23(25)26)13-18(12-15)31(3,27)28/h6-7,10-13H,4-5,8-9H2,1-3H3. The van der Waals surface area contributed by atoms with E-state index in [0.717, 1.165) is 24.5 Å². The average molecular weight is 482 g/mol. The molecule has 0 saturated heterocycles. The van der Waals surface area contributed by atoms with Gasteiger partial charge >= 0.3 is 0 Å². The highest BCUT2D eigenvalue weighted by atomic mass is 32.2. The minimum Gasteiger partial charge on any atom is -0.308 e. The third-order valence-electron chi connectivity index (χ3n) is 5.31. The first-order chi connectivity index (χ1) is 14.9. The number of nitro groups is 1. The highest BCUT2D eigenvalue weighted by Gasteiger charge is 2.30. The zero-order valence-corrected chi connectivity index (χ0v) is 19.4. The van der Waals surface area contributed by atoms with Crippen molar-refractivity contribution in [3.05, 3.63) is 57.6 Å². The fourth-order valence-electron chi connectivity index (χ4n) is 3.64. The first kappa shape index (κ1) is 23.8. The molecule has 0 spiro atoms. The number of hydrogen-bond donors (Lipinski definition) is 0. The Bertz CT molecular complexity index is 1300. The molecule has 0 aromatic heterocycles. The van der Waals surface area contributed by atoms with Crippen LogP contribution in [0.3, 0.4) is 0 Å². The van der Waals surface area contributed by atoms with Crippen LogP contribution in [0.2, 0.25) is 0 Å². The Hall–Kier alpha value is -2.83. The highest BCUT2D eigenvalue weighted by molar-refractivity contribution is 7.90. The Morgan fingerprint density at radius 3 is 2.28 bits per heavy atom. The molecule has 0 aliphatic carbocycles. The predicted molar refractivity (Wildman–Crippen MR) is 118 cm³/mol. The number of amides is 1. The second-order valence-electron chi connectivity index (χ2n) is 7.33. The lowest BCUT2D eigenvalue weighted by Crippen LogP contribution is -2.31. The van der Waals surface area contributed by atoms with Crippen molar-refractivity contribution < 1.29 is 26.6 Å². The second-order valence-corrected chi connectivity index (χ2v) is 11.3. The maximum absolute atomic E-state index is 13.1. The van der Waals surface area contributed by atoms with E-state index in [1.807, 2.05) is 0 Å². The zero-order chi connectivity index (χ0) is 23.8. The van der Waals surface area contributed by atoms with Gasteiger partial charge in [0.1, 0.15) is 0 Å². The van der Waals surface area contributed by atoms with E-state index < -0.39 is 36.4 Å². The molecule has 0 atom stereocenters. The number of carbonyl (C=O) groups excluding carboxylic acids is 1.